The summed E-state index contributed by atoms with van der Waals surface area (Å²) in [5.41, 5.74) is 0.00391. The van der Waals surface area contributed by atoms with E-state index in [4.69, 9.17) is 9.47 Å². The summed E-state index contributed by atoms with van der Waals surface area (Å²) in [6.45, 7) is 0.0990. The van der Waals surface area contributed by atoms with E-state index in [0.29, 0.717) is 17.8 Å². The van der Waals surface area contributed by atoms with Gasteiger partial charge in [-0.05, 0) is 80.5 Å². The maximum atomic E-state index is 12.8. The number of halogens is 1. The molecule has 0 atom stereocenters. The highest BCUT2D eigenvalue weighted by molar-refractivity contribution is 5.89. The molecule has 0 heterocycles. The van der Waals surface area contributed by atoms with Crippen molar-refractivity contribution in [3.05, 3.63) is 35.6 Å². The number of carbonyl (C=O) groups is 2. The second-order valence-electron chi connectivity index (χ2n) is 7.98. The van der Waals surface area contributed by atoms with Crippen LogP contribution < -0.4 is 0 Å². The van der Waals surface area contributed by atoms with E-state index in [-0.39, 0.29) is 30.2 Å². The second-order valence-corrected chi connectivity index (χ2v) is 7.98. The quantitative estimate of drug-likeness (QED) is 0.602. The van der Waals surface area contributed by atoms with Gasteiger partial charge in [0.2, 0.25) is 0 Å². The van der Waals surface area contributed by atoms with Crippen molar-refractivity contribution < 1.29 is 23.5 Å². The number of benzene rings is 1. The Morgan fingerprint density at radius 1 is 0.920 bits per heavy atom. The van der Waals surface area contributed by atoms with Crippen LogP contribution in [0.1, 0.15) is 48.9 Å². The van der Waals surface area contributed by atoms with Gasteiger partial charge in [0.05, 0.1) is 11.0 Å². The first-order valence-electron chi connectivity index (χ1n) is 9.14. The van der Waals surface area contributed by atoms with E-state index in [1.807, 2.05) is 0 Å². The van der Waals surface area contributed by atoms with Gasteiger partial charge in [0.15, 0.2) is 0 Å². The normalized spacial score (nSPS) is 32.4. The van der Waals surface area contributed by atoms with Gasteiger partial charge in [-0.25, -0.2) is 9.18 Å². The van der Waals surface area contributed by atoms with Crippen LogP contribution in [0.2, 0.25) is 0 Å². The van der Waals surface area contributed by atoms with E-state index in [9.17, 15) is 14.0 Å². The van der Waals surface area contributed by atoms with Crippen molar-refractivity contribution in [2.75, 3.05) is 13.2 Å². The van der Waals surface area contributed by atoms with Crippen molar-refractivity contribution in [3.8, 4) is 0 Å². The molecule has 0 unspecified atom stereocenters. The monoisotopic (exact) mass is 346 g/mol. The Morgan fingerprint density at radius 2 is 1.44 bits per heavy atom. The smallest absolute Gasteiger partial charge is 0.338 e. The van der Waals surface area contributed by atoms with Crippen LogP contribution in [0.3, 0.4) is 0 Å². The third kappa shape index (κ3) is 3.29. The molecule has 4 bridgehead atoms. The molecule has 25 heavy (non-hydrogen) atoms. The molecule has 4 fully saturated rings. The van der Waals surface area contributed by atoms with Gasteiger partial charge in [-0.2, -0.15) is 0 Å². The molecule has 0 radical (unpaired) electrons. The fourth-order valence-corrected chi connectivity index (χ4v) is 5.45. The van der Waals surface area contributed by atoms with Crippen LogP contribution in [0.25, 0.3) is 0 Å². The minimum absolute atomic E-state index is 0.0221. The summed E-state index contributed by atoms with van der Waals surface area (Å²) in [6.07, 6.45) is 6.74. The lowest BCUT2D eigenvalue weighted by atomic mass is 9.49. The molecule has 0 N–H and O–H groups in total. The molecule has 0 saturated heterocycles. The highest BCUT2D eigenvalue weighted by Crippen LogP contribution is 2.60. The SMILES string of the molecule is O=C(OCCOC(=O)C12CC3CC(CC(C3)C1)C2)c1ccc(F)cc1. The van der Waals surface area contributed by atoms with Crippen molar-refractivity contribution in [2.45, 2.75) is 38.5 Å². The van der Waals surface area contributed by atoms with Crippen LogP contribution in [0, 0.1) is 29.0 Å². The summed E-state index contributed by atoms with van der Waals surface area (Å²) >= 11 is 0. The molecule has 4 saturated carbocycles. The van der Waals surface area contributed by atoms with E-state index in [2.05, 4.69) is 0 Å². The van der Waals surface area contributed by atoms with Crippen LogP contribution in [-0.4, -0.2) is 25.2 Å². The average Bonchev–Trinajstić information content (AvgIpc) is 2.57. The molecular formula is C20H23FO4. The Kier molecular flexibility index (Phi) is 4.26. The molecule has 4 nitrogen and oxygen atoms in total. The number of esters is 2. The summed E-state index contributed by atoms with van der Waals surface area (Å²) in [5, 5.41) is 0. The molecule has 0 aromatic heterocycles. The van der Waals surface area contributed by atoms with E-state index >= 15 is 0 Å². The predicted molar refractivity (Wildman–Crippen MR) is 88.2 cm³/mol. The topological polar surface area (TPSA) is 52.6 Å². The maximum Gasteiger partial charge on any atom is 0.338 e. The van der Waals surface area contributed by atoms with Gasteiger partial charge in [-0.3, -0.25) is 4.79 Å². The van der Waals surface area contributed by atoms with Crippen molar-refractivity contribution in [3.63, 3.8) is 0 Å². The summed E-state index contributed by atoms with van der Waals surface area (Å²) in [4.78, 5) is 24.5. The van der Waals surface area contributed by atoms with E-state index in [1.165, 1.54) is 43.5 Å². The lowest BCUT2D eigenvalue weighted by molar-refractivity contribution is -0.172. The molecule has 0 amide bonds. The van der Waals surface area contributed by atoms with Crippen LogP contribution in [0.15, 0.2) is 24.3 Å². The first kappa shape index (κ1) is 16.6. The van der Waals surface area contributed by atoms with Gasteiger partial charge >= 0.3 is 11.9 Å². The van der Waals surface area contributed by atoms with Gasteiger partial charge in [-0.1, -0.05) is 0 Å². The van der Waals surface area contributed by atoms with Gasteiger partial charge in [0.25, 0.3) is 0 Å². The second kappa shape index (κ2) is 6.43. The third-order valence-corrected chi connectivity index (χ3v) is 6.10. The zero-order chi connectivity index (χ0) is 17.4. The van der Waals surface area contributed by atoms with Crippen molar-refractivity contribution in [2.24, 2.45) is 23.2 Å². The predicted octanol–water partition coefficient (Wildman–Crippen LogP) is 3.74. The standard InChI is InChI=1S/C20H23FO4/c21-17-3-1-16(2-4-17)18(22)24-5-6-25-19(23)20-10-13-7-14(11-20)9-15(8-13)12-20/h1-4,13-15H,5-12H2. The summed E-state index contributed by atoms with van der Waals surface area (Å²) in [5.74, 6) is 1.02. The van der Waals surface area contributed by atoms with Gasteiger partial charge in [0.1, 0.15) is 19.0 Å². The molecule has 0 aliphatic heterocycles. The summed E-state index contributed by atoms with van der Waals surface area (Å²) < 4.78 is 23.4. The molecule has 134 valence electrons. The molecule has 1 aromatic rings. The molecule has 4 aliphatic carbocycles. The number of ether oxygens (including phenoxy) is 2. The van der Waals surface area contributed by atoms with Gasteiger partial charge in [-0.15, -0.1) is 0 Å². The van der Waals surface area contributed by atoms with E-state index in [1.54, 1.807) is 0 Å². The fourth-order valence-electron chi connectivity index (χ4n) is 5.45. The zero-order valence-corrected chi connectivity index (χ0v) is 14.2. The summed E-state index contributed by atoms with van der Waals surface area (Å²) in [7, 11) is 0. The lowest BCUT2D eigenvalue weighted by Gasteiger charge is -2.55. The number of carbonyl (C=O) groups excluding carboxylic acids is 2. The molecule has 1 aromatic carbocycles. The Labute approximate surface area is 146 Å². The summed E-state index contributed by atoms with van der Waals surface area (Å²) in [6, 6.07) is 5.17. The largest absolute Gasteiger partial charge is 0.462 e. The highest BCUT2D eigenvalue weighted by Gasteiger charge is 2.55. The molecule has 4 aliphatic rings. The first-order valence-corrected chi connectivity index (χ1v) is 9.14. The maximum absolute atomic E-state index is 12.8. The Balaban J connectivity index is 1.25. The Morgan fingerprint density at radius 3 is 2.00 bits per heavy atom. The Bertz CT molecular complexity index is 631. The minimum Gasteiger partial charge on any atom is -0.462 e. The molecule has 5 rings (SSSR count). The fraction of sp³-hybridized carbons (Fsp3) is 0.600. The van der Waals surface area contributed by atoms with Crippen molar-refractivity contribution in [1.29, 1.82) is 0 Å². The van der Waals surface area contributed by atoms with Gasteiger partial charge < -0.3 is 9.47 Å². The minimum atomic E-state index is -0.536. The van der Waals surface area contributed by atoms with Crippen LogP contribution in [0.5, 0.6) is 0 Å². The number of hydrogen-bond acceptors (Lipinski definition) is 4. The lowest BCUT2D eigenvalue weighted by Crippen LogP contribution is -2.50. The molecule has 0 spiro atoms. The van der Waals surface area contributed by atoms with Crippen LogP contribution in [0.4, 0.5) is 4.39 Å². The van der Waals surface area contributed by atoms with Crippen LogP contribution >= 0.6 is 0 Å². The Hall–Kier alpha value is -1.91. The van der Waals surface area contributed by atoms with Crippen molar-refractivity contribution >= 4 is 11.9 Å². The van der Waals surface area contributed by atoms with Gasteiger partial charge in [0, 0.05) is 0 Å². The molecule has 5 heteroatoms. The zero-order valence-electron chi connectivity index (χ0n) is 14.2. The van der Waals surface area contributed by atoms with Crippen molar-refractivity contribution in [1.82, 2.24) is 0 Å². The van der Waals surface area contributed by atoms with E-state index in [0.717, 1.165) is 19.3 Å². The highest BCUT2D eigenvalue weighted by atomic mass is 19.1. The third-order valence-electron chi connectivity index (χ3n) is 6.10. The molecular weight excluding hydrogens is 323 g/mol. The first-order chi connectivity index (χ1) is 12.0. The number of hydrogen-bond donors (Lipinski definition) is 0. The number of rotatable bonds is 5. The van der Waals surface area contributed by atoms with E-state index < -0.39 is 11.8 Å². The average molecular weight is 346 g/mol. The van der Waals surface area contributed by atoms with Crippen LogP contribution in [-0.2, 0) is 14.3 Å².